The number of nitrogens with zero attached hydrogens (tertiary/aromatic N) is 5. The number of halogens is 4. The number of amides is 1. The molecule has 14 heteroatoms. The van der Waals surface area contributed by atoms with Crippen LogP contribution in [0.2, 0.25) is 5.02 Å². The molecule has 0 radical (unpaired) electrons. The Bertz CT molecular complexity index is 1850. The van der Waals surface area contributed by atoms with E-state index >= 15 is 0 Å². The fourth-order valence-corrected chi connectivity index (χ4v) is 8.91. The molecule has 3 aromatic heterocycles. The molecule has 1 aromatic carbocycles. The van der Waals surface area contributed by atoms with E-state index in [1.807, 2.05) is 30.9 Å². The fraction of sp³-hybridized carbons (Fsp3) is 0.438. The number of piperazine rings is 1. The summed E-state index contributed by atoms with van der Waals surface area (Å²) >= 11 is 8.67. The van der Waals surface area contributed by atoms with E-state index in [0.29, 0.717) is 26.1 Å². The largest absolute Gasteiger partial charge is 0.444 e. The summed E-state index contributed by atoms with van der Waals surface area (Å²) in [7, 11) is 0. The van der Waals surface area contributed by atoms with Crippen molar-refractivity contribution in [2.75, 3.05) is 23.7 Å². The van der Waals surface area contributed by atoms with Crippen LogP contribution in [0.4, 0.5) is 23.8 Å². The minimum Gasteiger partial charge on any atom is -0.444 e. The number of pyridine rings is 1. The van der Waals surface area contributed by atoms with Crippen LogP contribution < -0.4 is 10.6 Å². The van der Waals surface area contributed by atoms with E-state index < -0.39 is 29.1 Å². The molecule has 4 aromatic rings. The van der Waals surface area contributed by atoms with Gasteiger partial charge in [0.25, 0.3) is 0 Å². The van der Waals surface area contributed by atoms with Crippen molar-refractivity contribution in [1.29, 1.82) is 0 Å². The molecule has 2 aliphatic heterocycles. The zero-order chi connectivity index (χ0) is 33.1. The number of thioether (sulfide) groups is 1. The Balaban J connectivity index is 1.55. The number of carbonyl (C=O) groups is 1. The van der Waals surface area contributed by atoms with E-state index in [9.17, 15) is 22.8 Å². The highest BCUT2D eigenvalue weighted by atomic mass is 35.5. The lowest BCUT2D eigenvalue weighted by Crippen LogP contribution is -2.59. The lowest BCUT2D eigenvalue weighted by atomic mass is 9.99. The van der Waals surface area contributed by atoms with Gasteiger partial charge in [-0.15, -0.1) is 23.1 Å². The molecule has 3 atom stereocenters. The quantitative estimate of drug-likeness (QED) is 0.216. The Morgan fingerprint density at radius 2 is 1.74 bits per heavy atom. The van der Waals surface area contributed by atoms with Gasteiger partial charge in [0, 0.05) is 69.8 Å². The first kappa shape index (κ1) is 32.6. The molecule has 46 heavy (non-hydrogen) atoms. The van der Waals surface area contributed by atoms with Gasteiger partial charge in [-0.3, -0.25) is 14.5 Å². The third-order valence-electron chi connectivity index (χ3n) is 8.15. The molecule has 244 valence electrons. The first-order valence-electron chi connectivity index (χ1n) is 14.8. The molecule has 1 amide bonds. The van der Waals surface area contributed by atoms with E-state index in [-0.39, 0.29) is 54.4 Å². The highest BCUT2D eigenvalue weighted by Gasteiger charge is 2.41. The second-order valence-electron chi connectivity index (χ2n) is 12.8. The molecule has 0 bridgehead atoms. The maximum Gasteiger partial charge on any atom is 0.417 e. The number of rotatable bonds is 3. The predicted molar refractivity (Wildman–Crippen MR) is 176 cm³/mol. The first-order valence-corrected chi connectivity index (χ1v) is 17.1. The van der Waals surface area contributed by atoms with Gasteiger partial charge >= 0.3 is 18.0 Å². The number of benzene rings is 1. The summed E-state index contributed by atoms with van der Waals surface area (Å²) in [6.07, 6.45) is -1.84. The van der Waals surface area contributed by atoms with Crippen molar-refractivity contribution in [3.8, 4) is 10.4 Å². The van der Waals surface area contributed by atoms with Gasteiger partial charge in [-0.25, -0.2) is 9.59 Å². The zero-order valence-electron chi connectivity index (χ0n) is 25.9. The van der Waals surface area contributed by atoms with Crippen LogP contribution in [0.3, 0.4) is 0 Å². The molecule has 2 aliphatic rings. The van der Waals surface area contributed by atoms with Crippen molar-refractivity contribution in [1.82, 2.24) is 19.4 Å². The molecule has 0 saturated carbocycles. The van der Waals surface area contributed by atoms with Gasteiger partial charge in [0.1, 0.15) is 11.4 Å². The summed E-state index contributed by atoms with van der Waals surface area (Å²) in [6.45, 7) is 9.82. The number of hydrogen-bond acceptors (Lipinski definition) is 8. The molecule has 0 aliphatic carbocycles. The number of alkyl halides is 3. The summed E-state index contributed by atoms with van der Waals surface area (Å²) in [6, 6.07) is 5.65. The summed E-state index contributed by atoms with van der Waals surface area (Å²) in [5, 5.41) is 2.18. The third-order valence-corrected chi connectivity index (χ3v) is 10.7. The van der Waals surface area contributed by atoms with Crippen LogP contribution in [0.5, 0.6) is 0 Å². The van der Waals surface area contributed by atoms with E-state index in [2.05, 4.69) is 9.97 Å². The normalized spacial score (nSPS) is 20.6. The Morgan fingerprint density at radius 3 is 2.33 bits per heavy atom. The van der Waals surface area contributed by atoms with Gasteiger partial charge in [-0.2, -0.15) is 18.2 Å². The van der Waals surface area contributed by atoms with Gasteiger partial charge < -0.3 is 9.64 Å². The maximum atomic E-state index is 15.0. The summed E-state index contributed by atoms with van der Waals surface area (Å²) in [4.78, 5) is 39.8. The number of aromatic nitrogens is 3. The molecular weight excluding hydrogens is 659 g/mol. The number of anilines is 1. The van der Waals surface area contributed by atoms with Gasteiger partial charge in [0.15, 0.2) is 0 Å². The van der Waals surface area contributed by atoms with Crippen LogP contribution in [-0.2, 0) is 17.5 Å². The van der Waals surface area contributed by atoms with E-state index in [4.69, 9.17) is 16.3 Å². The van der Waals surface area contributed by atoms with Crippen LogP contribution in [0.25, 0.3) is 21.3 Å². The number of hydrogen-bond donors (Lipinski definition) is 0. The van der Waals surface area contributed by atoms with Crippen LogP contribution in [0.15, 0.2) is 51.7 Å². The standard InChI is InChI=1S/C32H33ClF3N5O3S2/c1-17-12-39(13-18(2)41(17)30(43)44-31(3,4)5)28-22-11-23(32(34,35)36)25(24-10-21(33)16-45-24)27-26(22)40(29(42)38-28)14-20(15-46-27)19-6-8-37-9-7-19/h6-11,16-18,20H,12-15H2,1-5H3/t17-,18+,20-/m0/s1. The number of thiophene rings is 1. The highest BCUT2D eigenvalue weighted by Crippen LogP contribution is 2.50. The van der Waals surface area contributed by atoms with Crippen LogP contribution in [0.1, 0.15) is 51.7 Å². The molecular formula is C32H33ClF3N5O3S2. The average molecular weight is 692 g/mol. The highest BCUT2D eigenvalue weighted by molar-refractivity contribution is 7.99. The third kappa shape index (κ3) is 6.21. The van der Waals surface area contributed by atoms with Gasteiger partial charge in [-0.05, 0) is 64.4 Å². The van der Waals surface area contributed by atoms with Gasteiger partial charge in [0.05, 0.1) is 28.2 Å². The Labute approximate surface area is 277 Å². The lowest BCUT2D eigenvalue weighted by molar-refractivity contribution is -0.137. The molecule has 5 heterocycles. The average Bonchev–Trinajstić information content (AvgIpc) is 3.28. The number of carbonyl (C=O) groups excluding carboxylic acids is 1. The molecule has 8 nitrogen and oxygen atoms in total. The monoisotopic (exact) mass is 691 g/mol. The summed E-state index contributed by atoms with van der Waals surface area (Å²) in [5.74, 6) is 0.427. The van der Waals surface area contributed by atoms with Crippen LogP contribution in [-0.4, -0.2) is 62.1 Å². The molecule has 1 saturated heterocycles. The Morgan fingerprint density at radius 1 is 1.07 bits per heavy atom. The van der Waals surface area contributed by atoms with Crippen molar-refractivity contribution in [3.63, 3.8) is 0 Å². The van der Waals surface area contributed by atoms with Gasteiger partial charge in [-0.1, -0.05) is 11.6 Å². The molecule has 0 spiro atoms. The van der Waals surface area contributed by atoms with E-state index in [1.165, 1.54) is 22.4 Å². The molecule has 0 unspecified atom stereocenters. The molecule has 1 fully saturated rings. The van der Waals surface area contributed by atoms with Crippen molar-refractivity contribution < 1.29 is 22.7 Å². The minimum atomic E-state index is -4.71. The predicted octanol–water partition coefficient (Wildman–Crippen LogP) is 7.92. The van der Waals surface area contributed by atoms with Crippen molar-refractivity contribution in [3.05, 3.63) is 68.7 Å². The summed E-state index contributed by atoms with van der Waals surface area (Å²) in [5.41, 5.74) is -0.696. The van der Waals surface area contributed by atoms with Crippen molar-refractivity contribution >= 4 is 57.5 Å². The van der Waals surface area contributed by atoms with Crippen molar-refractivity contribution in [2.45, 2.75) is 75.8 Å². The molecule has 6 rings (SSSR count). The number of ether oxygens (including phenoxy) is 1. The van der Waals surface area contributed by atoms with E-state index in [0.717, 1.165) is 23.0 Å². The maximum absolute atomic E-state index is 15.0. The topological polar surface area (TPSA) is 80.6 Å². The Hall–Kier alpha value is -3.29. The zero-order valence-corrected chi connectivity index (χ0v) is 28.3. The van der Waals surface area contributed by atoms with Crippen molar-refractivity contribution in [2.24, 2.45) is 0 Å². The lowest BCUT2D eigenvalue weighted by Gasteiger charge is -2.45. The SMILES string of the molecule is C[C@@H]1CN(c2nc(=O)n3c4c(c(-c5cc(Cl)cs5)c(C(F)(F)F)cc24)SC[C@@H](c2ccncc2)C3)C[C@H](C)N1C(=O)OC(C)(C)C. The first-order chi connectivity index (χ1) is 21.6. The minimum absolute atomic E-state index is 0.0130. The fourth-order valence-electron chi connectivity index (χ4n) is 6.32. The summed E-state index contributed by atoms with van der Waals surface area (Å²) < 4.78 is 52.1. The van der Waals surface area contributed by atoms with E-state index in [1.54, 1.807) is 43.4 Å². The second-order valence-corrected chi connectivity index (χ2v) is 15.1. The smallest absolute Gasteiger partial charge is 0.417 e. The van der Waals surface area contributed by atoms with Gasteiger partial charge in [0.2, 0.25) is 0 Å². The second kappa shape index (κ2) is 12.1. The Kier molecular flexibility index (Phi) is 8.56. The van der Waals surface area contributed by atoms with Crippen LogP contribution in [0, 0.1) is 0 Å². The molecule has 0 N–H and O–H groups in total. The van der Waals surface area contributed by atoms with Crippen LogP contribution >= 0.6 is 34.7 Å².